The number of nitrogens with zero attached hydrogens (tertiary/aromatic N) is 2. The summed E-state index contributed by atoms with van der Waals surface area (Å²) in [6.45, 7) is 4.72. The summed E-state index contributed by atoms with van der Waals surface area (Å²) in [5.74, 6) is -1.37. The lowest BCUT2D eigenvalue weighted by Gasteiger charge is -2.32. The average Bonchev–Trinajstić information content (AvgIpc) is 3.18. The number of carbonyl (C=O) groups is 4. The van der Waals surface area contributed by atoms with Crippen LogP contribution in [0.2, 0.25) is 5.02 Å². The fourth-order valence-corrected chi connectivity index (χ4v) is 5.33. The van der Waals surface area contributed by atoms with Gasteiger partial charge in [0.1, 0.15) is 6.04 Å². The number of likely N-dealkylation sites (tertiary alicyclic amines) is 1. The lowest BCUT2D eigenvalue weighted by molar-refractivity contribution is -0.144. The van der Waals surface area contributed by atoms with Gasteiger partial charge in [0.15, 0.2) is 0 Å². The van der Waals surface area contributed by atoms with Crippen molar-refractivity contribution in [3.8, 4) is 0 Å². The maximum absolute atomic E-state index is 13.8. The molecule has 2 aromatic rings. The van der Waals surface area contributed by atoms with Crippen molar-refractivity contribution in [1.82, 2.24) is 15.1 Å². The van der Waals surface area contributed by atoms with Crippen LogP contribution in [0.25, 0.3) is 0 Å². The molecule has 8 heteroatoms. The van der Waals surface area contributed by atoms with Crippen LogP contribution in [0.5, 0.6) is 0 Å². The molecule has 1 fully saturated rings. The van der Waals surface area contributed by atoms with Crippen LogP contribution in [0, 0.1) is 17.8 Å². The normalized spacial score (nSPS) is 19.2. The molecule has 0 radical (unpaired) electrons. The second-order valence-corrected chi connectivity index (χ2v) is 11.2. The Hall–Kier alpha value is -3.45. The minimum Gasteiger partial charge on any atom is -0.354 e. The first-order valence-corrected chi connectivity index (χ1v) is 14.0. The van der Waals surface area contributed by atoms with Crippen molar-refractivity contribution < 1.29 is 19.2 Å². The van der Waals surface area contributed by atoms with Gasteiger partial charge in [0.25, 0.3) is 0 Å². The Bertz CT molecular complexity index is 1190. The summed E-state index contributed by atoms with van der Waals surface area (Å²) in [6, 6.07) is 16.0. The molecule has 1 aliphatic heterocycles. The highest BCUT2D eigenvalue weighted by molar-refractivity contribution is 6.30. The topological polar surface area (TPSA) is 86.8 Å². The molecule has 0 spiro atoms. The number of halogens is 1. The van der Waals surface area contributed by atoms with Crippen molar-refractivity contribution in [3.63, 3.8) is 0 Å². The average molecular weight is 550 g/mol. The van der Waals surface area contributed by atoms with Crippen LogP contribution in [0.15, 0.2) is 66.7 Å². The van der Waals surface area contributed by atoms with Gasteiger partial charge in [0, 0.05) is 37.5 Å². The van der Waals surface area contributed by atoms with Gasteiger partial charge >= 0.3 is 0 Å². The Morgan fingerprint density at radius 1 is 0.949 bits per heavy atom. The fraction of sp³-hybridized carbons (Fsp3) is 0.419. The molecule has 39 heavy (non-hydrogen) atoms. The molecule has 3 atom stereocenters. The molecule has 2 aliphatic rings. The van der Waals surface area contributed by atoms with Gasteiger partial charge in [-0.05, 0) is 42.0 Å². The van der Waals surface area contributed by atoms with Crippen molar-refractivity contribution in [2.24, 2.45) is 17.8 Å². The van der Waals surface area contributed by atoms with Crippen LogP contribution < -0.4 is 5.32 Å². The number of rotatable bonds is 11. The SMILES string of the molecule is CC(C)CNC(=O)C(Cc1ccccc1)N(Cc1ccc(Cl)cc1)C(=O)CCN1C(=O)[C@H]2CC=CC[C@H]2C1=O. The third-order valence-corrected chi connectivity index (χ3v) is 7.62. The van der Waals surface area contributed by atoms with E-state index in [4.69, 9.17) is 11.6 Å². The molecule has 7 nitrogen and oxygen atoms in total. The van der Waals surface area contributed by atoms with Crippen LogP contribution in [0.3, 0.4) is 0 Å². The standard InChI is InChI=1S/C31H36ClN3O4/c1-21(2)19-33-29(37)27(18-22-8-4-3-5-9-22)35(20-23-12-14-24(32)15-13-23)28(36)16-17-34-30(38)25-10-6-7-11-26(25)31(34)39/h3-9,12-15,21,25-27H,10-11,16-20H2,1-2H3,(H,33,37)/t25-,26+,27?. The van der Waals surface area contributed by atoms with E-state index in [1.54, 1.807) is 17.0 Å². The molecule has 4 amide bonds. The van der Waals surface area contributed by atoms with Crippen molar-refractivity contribution in [2.75, 3.05) is 13.1 Å². The van der Waals surface area contributed by atoms with Gasteiger partial charge in [-0.2, -0.15) is 0 Å². The summed E-state index contributed by atoms with van der Waals surface area (Å²) in [4.78, 5) is 56.1. The Balaban J connectivity index is 1.57. The lowest BCUT2D eigenvalue weighted by atomic mass is 9.85. The first-order valence-electron chi connectivity index (χ1n) is 13.6. The molecule has 0 bridgehead atoms. The Kier molecular flexibility index (Phi) is 9.57. The number of nitrogens with one attached hydrogen (secondary N) is 1. The monoisotopic (exact) mass is 549 g/mol. The van der Waals surface area contributed by atoms with Crippen LogP contribution in [0.1, 0.15) is 44.2 Å². The quantitative estimate of drug-likeness (QED) is 0.332. The Morgan fingerprint density at radius 3 is 2.15 bits per heavy atom. The highest BCUT2D eigenvalue weighted by atomic mass is 35.5. The largest absolute Gasteiger partial charge is 0.354 e. The van der Waals surface area contributed by atoms with Crippen LogP contribution in [-0.4, -0.2) is 52.6 Å². The van der Waals surface area contributed by atoms with E-state index in [-0.39, 0.29) is 60.9 Å². The number of fused-ring (bicyclic) bond motifs is 1. The zero-order valence-corrected chi connectivity index (χ0v) is 23.3. The predicted octanol–water partition coefficient (Wildman–Crippen LogP) is 4.39. The third kappa shape index (κ3) is 7.15. The van der Waals surface area contributed by atoms with Crippen molar-refractivity contribution in [1.29, 1.82) is 0 Å². The number of allylic oxidation sites excluding steroid dienone is 2. The van der Waals surface area contributed by atoms with Gasteiger partial charge in [-0.15, -0.1) is 0 Å². The third-order valence-electron chi connectivity index (χ3n) is 7.37. The van der Waals surface area contributed by atoms with Crippen LogP contribution >= 0.6 is 11.6 Å². The van der Waals surface area contributed by atoms with Crippen molar-refractivity contribution in [2.45, 2.75) is 52.1 Å². The van der Waals surface area contributed by atoms with Crippen molar-refractivity contribution >= 4 is 35.2 Å². The number of benzene rings is 2. The highest BCUT2D eigenvalue weighted by Crippen LogP contribution is 2.35. The molecule has 0 saturated carbocycles. The van der Waals surface area contributed by atoms with E-state index in [1.807, 2.05) is 68.5 Å². The van der Waals surface area contributed by atoms with Gasteiger partial charge in [-0.3, -0.25) is 24.1 Å². The summed E-state index contributed by atoms with van der Waals surface area (Å²) in [5.41, 5.74) is 1.76. The zero-order chi connectivity index (χ0) is 27.9. The second-order valence-electron chi connectivity index (χ2n) is 10.7. The van der Waals surface area contributed by atoms with Gasteiger partial charge in [-0.25, -0.2) is 0 Å². The summed E-state index contributed by atoms with van der Waals surface area (Å²) in [6.07, 6.45) is 5.27. The molecular formula is C31H36ClN3O4. The summed E-state index contributed by atoms with van der Waals surface area (Å²) < 4.78 is 0. The lowest BCUT2D eigenvalue weighted by Crippen LogP contribution is -2.51. The first kappa shape index (κ1) is 28.6. The van der Waals surface area contributed by atoms with Gasteiger partial charge in [-0.1, -0.05) is 80.1 Å². The Labute approximate surface area is 235 Å². The first-order chi connectivity index (χ1) is 18.7. The molecule has 1 N–H and O–H groups in total. The molecule has 1 heterocycles. The molecule has 1 saturated heterocycles. The van der Waals surface area contributed by atoms with E-state index in [0.29, 0.717) is 30.8 Å². The maximum Gasteiger partial charge on any atom is 0.243 e. The minimum atomic E-state index is -0.772. The molecule has 1 unspecified atom stereocenters. The van der Waals surface area contributed by atoms with E-state index < -0.39 is 6.04 Å². The van der Waals surface area contributed by atoms with Crippen molar-refractivity contribution in [3.05, 3.63) is 82.9 Å². The molecule has 206 valence electrons. The Morgan fingerprint density at radius 2 is 1.56 bits per heavy atom. The van der Waals surface area contributed by atoms with E-state index >= 15 is 0 Å². The summed E-state index contributed by atoms with van der Waals surface area (Å²) in [7, 11) is 0. The van der Waals surface area contributed by atoms with Crippen LogP contribution in [0.4, 0.5) is 0 Å². The highest BCUT2D eigenvalue weighted by Gasteiger charge is 2.47. The maximum atomic E-state index is 13.8. The number of hydrogen-bond acceptors (Lipinski definition) is 4. The molecular weight excluding hydrogens is 514 g/mol. The summed E-state index contributed by atoms with van der Waals surface area (Å²) in [5, 5.41) is 3.58. The van der Waals surface area contributed by atoms with Gasteiger partial charge in [0.05, 0.1) is 11.8 Å². The second kappa shape index (κ2) is 13.1. The van der Waals surface area contributed by atoms with Gasteiger partial charge < -0.3 is 10.2 Å². The summed E-state index contributed by atoms with van der Waals surface area (Å²) >= 11 is 6.09. The molecule has 2 aromatic carbocycles. The number of imide groups is 1. The van der Waals surface area contributed by atoms with E-state index in [2.05, 4.69) is 5.32 Å². The smallest absolute Gasteiger partial charge is 0.243 e. The molecule has 1 aliphatic carbocycles. The number of hydrogen-bond donors (Lipinski definition) is 1. The van der Waals surface area contributed by atoms with Crippen LogP contribution in [-0.2, 0) is 32.1 Å². The van der Waals surface area contributed by atoms with E-state index in [9.17, 15) is 19.2 Å². The number of carbonyl (C=O) groups excluding carboxylic acids is 4. The van der Waals surface area contributed by atoms with Gasteiger partial charge in [0.2, 0.25) is 23.6 Å². The predicted molar refractivity (Wildman–Crippen MR) is 150 cm³/mol. The number of amides is 4. The van der Waals surface area contributed by atoms with E-state index in [1.165, 1.54) is 4.90 Å². The molecule has 4 rings (SSSR count). The zero-order valence-electron chi connectivity index (χ0n) is 22.5. The minimum absolute atomic E-state index is 0.00624. The molecule has 0 aromatic heterocycles. The fourth-order valence-electron chi connectivity index (χ4n) is 5.20. The van der Waals surface area contributed by atoms with E-state index in [0.717, 1.165) is 11.1 Å².